The van der Waals surface area contributed by atoms with Gasteiger partial charge in [0, 0.05) is 25.8 Å². The van der Waals surface area contributed by atoms with Crippen LogP contribution in [0, 0.1) is 11.7 Å². The molecule has 1 aromatic carbocycles. The summed E-state index contributed by atoms with van der Waals surface area (Å²) in [5.41, 5.74) is 6.85. The van der Waals surface area contributed by atoms with Crippen molar-refractivity contribution in [2.75, 3.05) is 30.8 Å². The lowest BCUT2D eigenvalue weighted by Crippen LogP contribution is -2.23. The highest BCUT2D eigenvalue weighted by Crippen LogP contribution is 2.26. The van der Waals surface area contributed by atoms with Crippen LogP contribution in [0.4, 0.5) is 15.8 Å². The molecular formula is C12H16ClFN2O. The summed E-state index contributed by atoms with van der Waals surface area (Å²) < 4.78 is 18.6. The van der Waals surface area contributed by atoms with Crippen LogP contribution in [0.2, 0.25) is 5.02 Å². The fraction of sp³-hybridized carbons (Fsp3) is 0.500. The van der Waals surface area contributed by atoms with Crippen molar-refractivity contribution >= 4 is 23.0 Å². The Hall–Kier alpha value is -1.00. The number of nitrogens with one attached hydrogen (secondary N) is 1. The van der Waals surface area contributed by atoms with E-state index in [1.54, 1.807) is 0 Å². The lowest BCUT2D eigenvalue weighted by molar-refractivity contribution is 0.0699. The zero-order valence-electron chi connectivity index (χ0n) is 9.51. The van der Waals surface area contributed by atoms with Gasteiger partial charge >= 0.3 is 0 Å². The first-order chi connectivity index (χ1) is 8.16. The largest absolute Gasteiger partial charge is 0.397 e. The van der Waals surface area contributed by atoms with E-state index in [0.717, 1.165) is 32.6 Å². The summed E-state index contributed by atoms with van der Waals surface area (Å²) in [5.74, 6) is 0.109. The highest BCUT2D eigenvalue weighted by Gasteiger charge is 2.14. The van der Waals surface area contributed by atoms with E-state index in [4.69, 9.17) is 22.1 Å². The van der Waals surface area contributed by atoms with E-state index >= 15 is 0 Å². The molecule has 17 heavy (non-hydrogen) atoms. The van der Waals surface area contributed by atoms with Crippen LogP contribution in [-0.4, -0.2) is 19.8 Å². The molecule has 0 radical (unpaired) electrons. The smallest absolute Gasteiger partial charge is 0.143 e. The molecule has 0 saturated carbocycles. The van der Waals surface area contributed by atoms with Gasteiger partial charge in [0.25, 0.3) is 0 Å². The van der Waals surface area contributed by atoms with E-state index in [2.05, 4.69) is 5.32 Å². The number of rotatable bonds is 3. The number of hydrogen-bond donors (Lipinski definition) is 2. The molecule has 94 valence electrons. The van der Waals surface area contributed by atoms with E-state index < -0.39 is 5.82 Å². The van der Waals surface area contributed by atoms with Crippen molar-refractivity contribution in [3.8, 4) is 0 Å². The number of benzene rings is 1. The van der Waals surface area contributed by atoms with Crippen LogP contribution in [0.5, 0.6) is 0 Å². The molecule has 1 aliphatic heterocycles. The highest BCUT2D eigenvalue weighted by atomic mass is 35.5. The van der Waals surface area contributed by atoms with Crippen LogP contribution in [0.15, 0.2) is 12.1 Å². The number of anilines is 2. The zero-order valence-corrected chi connectivity index (χ0v) is 10.3. The molecule has 3 N–H and O–H groups in total. The second-order valence-electron chi connectivity index (χ2n) is 4.29. The Bertz CT molecular complexity index is 394. The van der Waals surface area contributed by atoms with E-state index in [0.29, 0.717) is 17.3 Å². The number of nitrogen functional groups attached to an aromatic ring is 1. The van der Waals surface area contributed by atoms with Gasteiger partial charge in [-0.05, 0) is 24.8 Å². The second-order valence-corrected chi connectivity index (χ2v) is 4.70. The van der Waals surface area contributed by atoms with Crippen LogP contribution >= 0.6 is 11.6 Å². The minimum absolute atomic E-state index is 0.0547. The van der Waals surface area contributed by atoms with Crippen molar-refractivity contribution in [3.63, 3.8) is 0 Å². The predicted molar refractivity (Wildman–Crippen MR) is 67.9 cm³/mol. The van der Waals surface area contributed by atoms with Gasteiger partial charge < -0.3 is 15.8 Å². The number of halogens is 2. The third-order valence-corrected chi connectivity index (χ3v) is 3.30. The Morgan fingerprint density at radius 2 is 2.12 bits per heavy atom. The molecule has 3 nitrogen and oxygen atoms in total. The molecule has 5 heteroatoms. The molecule has 2 rings (SSSR count). The summed E-state index contributed by atoms with van der Waals surface area (Å²) in [5, 5.41) is 3.23. The SMILES string of the molecule is Nc1cc(Cl)c(F)cc1NCC1CCOCC1. The van der Waals surface area contributed by atoms with Crippen molar-refractivity contribution in [2.24, 2.45) is 5.92 Å². The number of hydrogen-bond acceptors (Lipinski definition) is 3. The Balaban J connectivity index is 1.96. The van der Waals surface area contributed by atoms with E-state index in [9.17, 15) is 4.39 Å². The zero-order chi connectivity index (χ0) is 12.3. The topological polar surface area (TPSA) is 47.3 Å². The van der Waals surface area contributed by atoms with Gasteiger partial charge in [-0.2, -0.15) is 0 Å². The van der Waals surface area contributed by atoms with Crippen LogP contribution in [0.25, 0.3) is 0 Å². The fourth-order valence-corrected chi connectivity index (χ4v) is 2.09. The summed E-state index contributed by atoms with van der Waals surface area (Å²) in [7, 11) is 0. The number of ether oxygens (including phenoxy) is 1. The molecule has 1 saturated heterocycles. The van der Waals surface area contributed by atoms with Crippen molar-refractivity contribution in [1.29, 1.82) is 0 Å². The highest BCUT2D eigenvalue weighted by molar-refractivity contribution is 6.31. The Morgan fingerprint density at radius 3 is 2.82 bits per heavy atom. The Morgan fingerprint density at radius 1 is 1.41 bits per heavy atom. The molecule has 0 spiro atoms. The van der Waals surface area contributed by atoms with Crippen molar-refractivity contribution < 1.29 is 9.13 Å². The van der Waals surface area contributed by atoms with Crippen LogP contribution < -0.4 is 11.1 Å². The predicted octanol–water partition coefficient (Wildman–Crippen LogP) is 2.90. The van der Waals surface area contributed by atoms with Gasteiger partial charge in [-0.1, -0.05) is 11.6 Å². The maximum atomic E-state index is 13.3. The van der Waals surface area contributed by atoms with E-state index in [1.165, 1.54) is 12.1 Å². The Kier molecular flexibility index (Phi) is 4.07. The molecule has 1 aliphatic rings. The first-order valence-corrected chi connectivity index (χ1v) is 6.10. The van der Waals surface area contributed by atoms with Gasteiger partial charge in [0.2, 0.25) is 0 Å². The summed E-state index contributed by atoms with van der Waals surface area (Å²) in [4.78, 5) is 0. The van der Waals surface area contributed by atoms with Gasteiger partial charge in [-0.15, -0.1) is 0 Å². The number of nitrogens with two attached hydrogens (primary N) is 1. The quantitative estimate of drug-likeness (QED) is 0.820. The van der Waals surface area contributed by atoms with E-state index in [-0.39, 0.29) is 5.02 Å². The van der Waals surface area contributed by atoms with Crippen molar-refractivity contribution in [3.05, 3.63) is 23.0 Å². The third kappa shape index (κ3) is 3.23. The van der Waals surface area contributed by atoms with Crippen molar-refractivity contribution in [2.45, 2.75) is 12.8 Å². The summed E-state index contributed by atoms with van der Waals surface area (Å²) >= 11 is 5.64. The summed E-state index contributed by atoms with van der Waals surface area (Å²) in [6, 6.07) is 2.78. The molecule has 0 aliphatic carbocycles. The normalized spacial score (nSPS) is 17.1. The average Bonchev–Trinajstić information content (AvgIpc) is 2.33. The van der Waals surface area contributed by atoms with E-state index in [1.807, 2.05) is 0 Å². The minimum atomic E-state index is -0.449. The Labute approximate surface area is 105 Å². The standard InChI is InChI=1S/C12H16ClFN2O/c13-9-5-11(15)12(6-10(9)14)16-7-8-1-3-17-4-2-8/h5-6,8,16H,1-4,7,15H2. The van der Waals surface area contributed by atoms with Crippen LogP contribution in [0.3, 0.4) is 0 Å². The molecule has 1 heterocycles. The van der Waals surface area contributed by atoms with Gasteiger partial charge in [0.15, 0.2) is 0 Å². The lowest BCUT2D eigenvalue weighted by Gasteiger charge is -2.23. The molecule has 0 unspecified atom stereocenters. The van der Waals surface area contributed by atoms with Gasteiger partial charge in [0.05, 0.1) is 16.4 Å². The monoisotopic (exact) mass is 258 g/mol. The molecule has 1 aromatic rings. The van der Waals surface area contributed by atoms with Crippen LogP contribution in [0.1, 0.15) is 12.8 Å². The first kappa shape index (κ1) is 12.5. The second kappa shape index (κ2) is 5.56. The third-order valence-electron chi connectivity index (χ3n) is 3.01. The fourth-order valence-electron chi connectivity index (χ4n) is 1.92. The summed E-state index contributed by atoms with van der Waals surface area (Å²) in [6.07, 6.45) is 2.06. The maximum Gasteiger partial charge on any atom is 0.143 e. The molecule has 0 amide bonds. The molecule has 1 fully saturated rings. The molecular weight excluding hydrogens is 243 g/mol. The first-order valence-electron chi connectivity index (χ1n) is 5.73. The molecule has 0 aromatic heterocycles. The maximum absolute atomic E-state index is 13.3. The summed E-state index contributed by atoms with van der Waals surface area (Å²) in [6.45, 7) is 2.39. The lowest BCUT2D eigenvalue weighted by atomic mass is 10.0. The van der Waals surface area contributed by atoms with Crippen LogP contribution in [-0.2, 0) is 4.74 Å². The average molecular weight is 259 g/mol. The van der Waals surface area contributed by atoms with Crippen molar-refractivity contribution in [1.82, 2.24) is 0 Å². The van der Waals surface area contributed by atoms with Gasteiger partial charge in [-0.25, -0.2) is 4.39 Å². The van der Waals surface area contributed by atoms with Gasteiger partial charge in [-0.3, -0.25) is 0 Å². The minimum Gasteiger partial charge on any atom is -0.397 e. The van der Waals surface area contributed by atoms with Gasteiger partial charge in [0.1, 0.15) is 5.82 Å². The molecule has 0 bridgehead atoms. The molecule has 0 atom stereocenters.